The zero-order valence-electron chi connectivity index (χ0n) is 16.7. The van der Waals surface area contributed by atoms with Gasteiger partial charge in [-0.15, -0.1) is 0 Å². The van der Waals surface area contributed by atoms with E-state index in [1.165, 1.54) is 24.4 Å². The molecule has 0 unspecified atom stereocenters. The number of halogens is 2. The van der Waals surface area contributed by atoms with E-state index in [4.69, 9.17) is 5.73 Å². The van der Waals surface area contributed by atoms with E-state index in [1.807, 2.05) is 6.07 Å². The summed E-state index contributed by atoms with van der Waals surface area (Å²) in [6.45, 7) is 0. The third kappa shape index (κ3) is 4.39. The highest BCUT2D eigenvalue weighted by atomic mass is 19.1. The Morgan fingerprint density at radius 2 is 1.84 bits per heavy atom. The van der Waals surface area contributed by atoms with Crippen molar-refractivity contribution in [1.29, 1.82) is 0 Å². The lowest BCUT2D eigenvalue weighted by molar-refractivity contribution is 0.102. The van der Waals surface area contributed by atoms with Crippen molar-refractivity contribution in [3.63, 3.8) is 0 Å². The van der Waals surface area contributed by atoms with Crippen LogP contribution in [-0.2, 0) is 0 Å². The molecule has 1 aromatic carbocycles. The molecular formula is C23H22F2N4O2. The number of amides is 1. The van der Waals surface area contributed by atoms with Gasteiger partial charge in [0.25, 0.3) is 5.91 Å². The number of pyridine rings is 2. The Balaban J connectivity index is 1.64. The predicted octanol–water partition coefficient (Wildman–Crippen LogP) is 4.27. The molecule has 1 amide bonds. The summed E-state index contributed by atoms with van der Waals surface area (Å²) in [5.74, 6) is -1.93. The molecule has 1 aliphatic rings. The molecular weight excluding hydrogens is 402 g/mol. The first-order valence-electron chi connectivity index (χ1n) is 10.1. The number of aliphatic hydroxyl groups is 1. The average Bonchev–Trinajstić information content (AvgIpc) is 2.75. The normalized spacial score (nSPS) is 18.5. The van der Waals surface area contributed by atoms with Gasteiger partial charge in [-0.25, -0.2) is 13.8 Å². The van der Waals surface area contributed by atoms with Crippen molar-refractivity contribution in [2.45, 2.75) is 37.7 Å². The first kappa shape index (κ1) is 20.9. The van der Waals surface area contributed by atoms with E-state index in [0.717, 1.165) is 24.5 Å². The summed E-state index contributed by atoms with van der Waals surface area (Å²) in [5.41, 5.74) is 6.57. The van der Waals surface area contributed by atoms with E-state index >= 15 is 0 Å². The first-order chi connectivity index (χ1) is 14.9. The van der Waals surface area contributed by atoms with Crippen molar-refractivity contribution in [2.75, 3.05) is 11.1 Å². The second-order valence-corrected chi connectivity index (χ2v) is 7.66. The van der Waals surface area contributed by atoms with E-state index in [-0.39, 0.29) is 34.7 Å². The number of nitrogens with zero attached hydrogens (tertiary/aromatic N) is 2. The van der Waals surface area contributed by atoms with Crippen LogP contribution < -0.4 is 11.1 Å². The Bertz CT molecular complexity index is 1110. The first-order valence-corrected chi connectivity index (χ1v) is 10.1. The van der Waals surface area contributed by atoms with Gasteiger partial charge in [0.15, 0.2) is 11.5 Å². The zero-order chi connectivity index (χ0) is 22.0. The number of hydrogen-bond acceptors (Lipinski definition) is 5. The summed E-state index contributed by atoms with van der Waals surface area (Å²) in [7, 11) is 0. The molecule has 0 aliphatic heterocycles. The molecule has 0 saturated heterocycles. The lowest BCUT2D eigenvalue weighted by Gasteiger charge is -2.27. The molecule has 160 valence electrons. The molecule has 8 heteroatoms. The van der Waals surface area contributed by atoms with Gasteiger partial charge in [0.2, 0.25) is 0 Å². The molecule has 0 radical (unpaired) electrons. The van der Waals surface area contributed by atoms with E-state index < -0.39 is 17.5 Å². The Labute approximate surface area is 178 Å². The molecule has 3 aromatic rings. The summed E-state index contributed by atoms with van der Waals surface area (Å²) >= 11 is 0. The molecule has 1 fully saturated rings. The topological polar surface area (TPSA) is 101 Å². The highest BCUT2D eigenvalue weighted by Gasteiger charge is 2.25. The summed E-state index contributed by atoms with van der Waals surface area (Å²) in [5, 5.41) is 12.5. The Kier molecular flexibility index (Phi) is 5.90. The van der Waals surface area contributed by atoms with Gasteiger partial charge < -0.3 is 16.2 Å². The van der Waals surface area contributed by atoms with Crippen molar-refractivity contribution in [2.24, 2.45) is 0 Å². The van der Waals surface area contributed by atoms with Crippen LogP contribution in [0.2, 0.25) is 0 Å². The number of nitrogens with one attached hydrogen (secondary N) is 1. The second kappa shape index (κ2) is 8.77. The van der Waals surface area contributed by atoms with E-state index in [1.54, 1.807) is 12.3 Å². The molecule has 0 bridgehead atoms. The number of nitrogen functional groups attached to an aromatic ring is 1. The number of aromatic nitrogens is 2. The van der Waals surface area contributed by atoms with Crippen LogP contribution in [0.3, 0.4) is 0 Å². The molecule has 2 heterocycles. The largest absolute Gasteiger partial charge is 0.397 e. The fourth-order valence-corrected chi connectivity index (χ4v) is 3.96. The standard InChI is InChI=1S/C23H22F2N4O2/c24-17-4-2-1-3-16(17)21-18(25)11-19(26)22(29-21)23(31)28-20-12-27-10-9-15(20)13-5-7-14(30)8-6-13/h1-4,9-14,30H,5-8,26H2,(H,28,31). The number of rotatable bonds is 4. The monoisotopic (exact) mass is 424 g/mol. The van der Waals surface area contributed by atoms with Gasteiger partial charge in [0, 0.05) is 17.8 Å². The maximum Gasteiger partial charge on any atom is 0.276 e. The maximum atomic E-state index is 14.5. The molecule has 0 atom stereocenters. The highest BCUT2D eigenvalue weighted by Crippen LogP contribution is 2.36. The lowest BCUT2D eigenvalue weighted by atomic mass is 9.82. The van der Waals surface area contributed by atoms with Crippen molar-refractivity contribution >= 4 is 17.3 Å². The van der Waals surface area contributed by atoms with Gasteiger partial charge in [0.05, 0.1) is 23.7 Å². The average molecular weight is 424 g/mol. The maximum absolute atomic E-state index is 14.5. The summed E-state index contributed by atoms with van der Waals surface area (Å²) in [6, 6.07) is 8.42. The fraction of sp³-hybridized carbons (Fsp3) is 0.261. The van der Waals surface area contributed by atoms with Crippen LogP contribution in [0.4, 0.5) is 20.2 Å². The lowest BCUT2D eigenvalue weighted by Crippen LogP contribution is -2.21. The number of hydrogen-bond donors (Lipinski definition) is 3. The van der Waals surface area contributed by atoms with E-state index in [0.29, 0.717) is 18.5 Å². The van der Waals surface area contributed by atoms with Crippen LogP contribution in [0.15, 0.2) is 48.8 Å². The minimum Gasteiger partial charge on any atom is -0.397 e. The number of anilines is 2. The summed E-state index contributed by atoms with van der Waals surface area (Å²) in [6.07, 6.45) is 5.87. The molecule has 1 aliphatic carbocycles. The van der Waals surface area contributed by atoms with Crippen LogP contribution >= 0.6 is 0 Å². The molecule has 2 aromatic heterocycles. The quantitative estimate of drug-likeness (QED) is 0.581. The summed E-state index contributed by atoms with van der Waals surface area (Å²) in [4.78, 5) is 21.1. The van der Waals surface area contributed by atoms with Gasteiger partial charge in [-0.05, 0) is 55.4 Å². The summed E-state index contributed by atoms with van der Waals surface area (Å²) < 4.78 is 28.6. The molecule has 31 heavy (non-hydrogen) atoms. The second-order valence-electron chi connectivity index (χ2n) is 7.66. The molecule has 4 rings (SSSR count). The van der Waals surface area contributed by atoms with Crippen LogP contribution in [0.25, 0.3) is 11.3 Å². The minimum absolute atomic E-state index is 0.0584. The van der Waals surface area contributed by atoms with Crippen LogP contribution in [0.5, 0.6) is 0 Å². The fourth-order valence-electron chi connectivity index (χ4n) is 3.96. The van der Waals surface area contributed by atoms with Gasteiger partial charge in [0.1, 0.15) is 11.5 Å². The van der Waals surface area contributed by atoms with Gasteiger partial charge in [-0.3, -0.25) is 9.78 Å². The van der Waals surface area contributed by atoms with Crippen molar-refractivity contribution in [3.05, 3.63) is 71.7 Å². The molecule has 6 nitrogen and oxygen atoms in total. The SMILES string of the molecule is Nc1cc(F)c(-c2ccccc2F)nc1C(=O)Nc1cnccc1C1CCC(O)CC1. The molecule has 1 saturated carbocycles. The number of carbonyl (C=O) groups excluding carboxylic acids is 1. The van der Waals surface area contributed by atoms with Crippen molar-refractivity contribution < 1.29 is 18.7 Å². The van der Waals surface area contributed by atoms with Gasteiger partial charge in [-0.1, -0.05) is 12.1 Å². The van der Waals surface area contributed by atoms with Crippen LogP contribution in [0, 0.1) is 11.6 Å². The van der Waals surface area contributed by atoms with Crippen LogP contribution in [-0.4, -0.2) is 27.1 Å². The molecule has 4 N–H and O–H groups in total. The van der Waals surface area contributed by atoms with Crippen LogP contribution in [0.1, 0.15) is 47.7 Å². The van der Waals surface area contributed by atoms with Gasteiger partial charge >= 0.3 is 0 Å². The molecule has 0 spiro atoms. The van der Waals surface area contributed by atoms with E-state index in [2.05, 4.69) is 15.3 Å². The smallest absolute Gasteiger partial charge is 0.276 e. The highest BCUT2D eigenvalue weighted by molar-refractivity contribution is 6.06. The third-order valence-corrected chi connectivity index (χ3v) is 5.59. The van der Waals surface area contributed by atoms with Gasteiger partial charge in [-0.2, -0.15) is 0 Å². The van der Waals surface area contributed by atoms with Crippen molar-refractivity contribution in [3.8, 4) is 11.3 Å². The number of nitrogens with two attached hydrogens (primary N) is 1. The number of aliphatic hydroxyl groups excluding tert-OH is 1. The minimum atomic E-state index is -0.818. The predicted molar refractivity (Wildman–Crippen MR) is 113 cm³/mol. The Morgan fingerprint density at radius 3 is 2.58 bits per heavy atom. The number of benzene rings is 1. The van der Waals surface area contributed by atoms with Crippen molar-refractivity contribution in [1.82, 2.24) is 9.97 Å². The Morgan fingerprint density at radius 1 is 1.10 bits per heavy atom. The third-order valence-electron chi connectivity index (χ3n) is 5.59. The Hall–Kier alpha value is -3.39. The zero-order valence-corrected chi connectivity index (χ0v) is 16.7. The number of carbonyl (C=O) groups is 1. The van der Waals surface area contributed by atoms with E-state index in [9.17, 15) is 18.7 Å².